The third-order valence-corrected chi connectivity index (χ3v) is 5.39. The molecule has 2 aliphatic rings. The maximum Gasteiger partial charge on any atom is 0.269 e. The van der Waals surface area contributed by atoms with Crippen LogP contribution in [0, 0.1) is 10.1 Å². The molecule has 0 radical (unpaired) electrons. The normalized spacial score (nSPS) is 19.3. The molecule has 2 aliphatic heterocycles. The van der Waals surface area contributed by atoms with Crippen molar-refractivity contribution in [2.45, 2.75) is 18.7 Å². The number of para-hydroxylation sites is 1. The molecule has 3 aromatic rings. The molecule has 3 aromatic carbocycles. The molecule has 2 atom stereocenters. The van der Waals surface area contributed by atoms with E-state index >= 15 is 0 Å². The first kappa shape index (κ1) is 18.1. The number of ketones is 1. The van der Waals surface area contributed by atoms with E-state index in [1.54, 1.807) is 5.01 Å². The topological polar surface area (TPSA) is 85.0 Å². The van der Waals surface area contributed by atoms with Crippen LogP contribution >= 0.6 is 0 Å². The highest BCUT2D eigenvalue weighted by Crippen LogP contribution is 2.43. The predicted octanol–water partition coefficient (Wildman–Crippen LogP) is 4.35. The van der Waals surface area contributed by atoms with Crippen molar-refractivity contribution >= 4 is 17.2 Å². The summed E-state index contributed by atoms with van der Waals surface area (Å²) < 4.78 is 6.06. The summed E-state index contributed by atoms with van der Waals surface area (Å²) in [6.07, 6.45) is -0.276. The van der Waals surface area contributed by atoms with Crippen LogP contribution in [0.1, 0.15) is 33.9 Å². The average Bonchev–Trinajstić information content (AvgIpc) is 3.24. The molecule has 0 saturated carbocycles. The highest BCUT2D eigenvalue weighted by molar-refractivity contribution is 6.03. The van der Waals surface area contributed by atoms with Crippen molar-refractivity contribution in [2.24, 2.45) is 5.10 Å². The summed E-state index contributed by atoms with van der Waals surface area (Å²) in [5.74, 6) is 0.367. The lowest BCUT2D eigenvalue weighted by atomic mass is 9.96. The van der Waals surface area contributed by atoms with E-state index in [0.717, 1.165) is 16.8 Å². The Morgan fingerprint density at radius 1 is 1.00 bits per heavy atom. The maximum atomic E-state index is 13.3. The number of benzene rings is 3. The van der Waals surface area contributed by atoms with Crippen molar-refractivity contribution in [1.29, 1.82) is 0 Å². The highest BCUT2D eigenvalue weighted by atomic mass is 16.6. The Morgan fingerprint density at radius 2 is 1.70 bits per heavy atom. The van der Waals surface area contributed by atoms with Crippen molar-refractivity contribution in [3.8, 4) is 5.75 Å². The minimum atomic E-state index is -0.937. The molecule has 0 amide bonds. The smallest absolute Gasteiger partial charge is 0.269 e. The van der Waals surface area contributed by atoms with Crippen molar-refractivity contribution in [3.05, 3.63) is 106 Å². The lowest BCUT2D eigenvalue weighted by molar-refractivity contribution is -0.384. The first-order chi connectivity index (χ1) is 14.6. The SMILES string of the molecule is O=C(c1ccc([N+](=O)[O-])cc1)[C@@H]1Oc2ccccc2[C@@H]2CC(c3ccccc3)=NN12. The second kappa shape index (κ2) is 7.11. The summed E-state index contributed by atoms with van der Waals surface area (Å²) in [5, 5.41) is 17.4. The van der Waals surface area contributed by atoms with E-state index in [4.69, 9.17) is 9.84 Å². The third kappa shape index (κ3) is 3.00. The molecule has 0 aliphatic carbocycles. The predicted molar refractivity (Wildman–Crippen MR) is 110 cm³/mol. The van der Waals surface area contributed by atoms with Crippen LogP contribution in [-0.4, -0.2) is 27.7 Å². The zero-order chi connectivity index (χ0) is 20.7. The van der Waals surface area contributed by atoms with Crippen LogP contribution in [0.2, 0.25) is 0 Å². The summed E-state index contributed by atoms with van der Waals surface area (Å²) >= 11 is 0. The van der Waals surface area contributed by atoms with Crippen LogP contribution < -0.4 is 4.74 Å². The molecular formula is C23H17N3O4. The number of nitro groups is 1. The summed E-state index contributed by atoms with van der Waals surface area (Å²) in [6, 6.07) is 23.0. The second-order valence-corrected chi connectivity index (χ2v) is 7.19. The van der Waals surface area contributed by atoms with Gasteiger partial charge >= 0.3 is 0 Å². The van der Waals surface area contributed by atoms with Gasteiger partial charge in [-0.2, -0.15) is 5.10 Å². The number of hydrogen-bond donors (Lipinski definition) is 0. The standard InChI is InChI=1S/C23H17N3O4/c27-22(16-10-12-17(13-11-16)26(28)29)23-25-20(18-8-4-5-9-21(18)30-23)14-19(24-25)15-6-2-1-3-7-15/h1-13,20,23H,14H2/t20-,23-/m0/s1. The minimum Gasteiger partial charge on any atom is -0.461 e. The summed E-state index contributed by atoms with van der Waals surface area (Å²) in [6.45, 7) is 0. The van der Waals surface area contributed by atoms with E-state index in [-0.39, 0.29) is 17.5 Å². The maximum absolute atomic E-state index is 13.3. The van der Waals surface area contributed by atoms with E-state index < -0.39 is 11.2 Å². The molecule has 0 unspecified atom stereocenters. The summed E-state index contributed by atoms with van der Waals surface area (Å²) in [5.41, 5.74) is 3.16. The Balaban J connectivity index is 1.53. The molecule has 7 heteroatoms. The molecule has 0 bridgehead atoms. The van der Waals surface area contributed by atoms with Crippen LogP contribution in [0.3, 0.4) is 0 Å². The summed E-state index contributed by atoms with van der Waals surface area (Å²) in [4.78, 5) is 23.7. The molecule has 0 spiro atoms. The zero-order valence-corrected chi connectivity index (χ0v) is 15.8. The van der Waals surface area contributed by atoms with E-state index in [1.807, 2.05) is 54.6 Å². The quantitative estimate of drug-likeness (QED) is 0.370. The number of nitrogens with zero attached hydrogens (tertiary/aromatic N) is 3. The Bertz CT molecular complexity index is 1160. The molecule has 0 fully saturated rings. The lowest BCUT2D eigenvalue weighted by Crippen LogP contribution is -2.45. The second-order valence-electron chi connectivity index (χ2n) is 7.19. The first-order valence-electron chi connectivity index (χ1n) is 9.57. The lowest BCUT2D eigenvalue weighted by Gasteiger charge is -2.37. The van der Waals surface area contributed by atoms with Crippen LogP contribution in [-0.2, 0) is 0 Å². The van der Waals surface area contributed by atoms with Gasteiger partial charge < -0.3 is 4.74 Å². The number of carbonyl (C=O) groups is 1. The van der Waals surface area contributed by atoms with Gasteiger partial charge in [-0.05, 0) is 23.8 Å². The van der Waals surface area contributed by atoms with Gasteiger partial charge in [0.05, 0.1) is 16.7 Å². The molecule has 0 aromatic heterocycles. The molecule has 148 valence electrons. The monoisotopic (exact) mass is 399 g/mol. The fourth-order valence-electron chi connectivity index (χ4n) is 3.90. The molecule has 2 heterocycles. The Hall–Kier alpha value is -4.00. The van der Waals surface area contributed by atoms with Crippen LogP contribution in [0.25, 0.3) is 0 Å². The van der Waals surface area contributed by atoms with E-state index in [9.17, 15) is 14.9 Å². The summed E-state index contributed by atoms with van der Waals surface area (Å²) in [7, 11) is 0. The molecule has 7 nitrogen and oxygen atoms in total. The van der Waals surface area contributed by atoms with E-state index in [2.05, 4.69) is 0 Å². The van der Waals surface area contributed by atoms with Gasteiger partial charge in [0.1, 0.15) is 5.75 Å². The van der Waals surface area contributed by atoms with Gasteiger partial charge in [0.15, 0.2) is 0 Å². The van der Waals surface area contributed by atoms with Crippen molar-refractivity contribution in [1.82, 2.24) is 5.01 Å². The van der Waals surface area contributed by atoms with Crippen LogP contribution in [0.5, 0.6) is 5.75 Å². The molecule has 0 N–H and O–H groups in total. The number of Topliss-reactive ketones (excluding diaryl/α,β-unsaturated/α-hetero) is 1. The number of carbonyl (C=O) groups excluding carboxylic acids is 1. The molecule has 30 heavy (non-hydrogen) atoms. The molecule has 5 rings (SSSR count). The van der Waals surface area contributed by atoms with Gasteiger partial charge in [0.2, 0.25) is 5.78 Å². The number of hydrazone groups is 1. The van der Waals surface area contributed by atoms with Gasteiger partial charge in [-0.1, -0.05) is 48.5 Å². The number of ether oxygens (including phenoxy) is 1. The molecular weight excluding hydrogens is 382 g/mol. The number of nitro benzene ring substituents is 1. The van der Waals surface area contributed by atoms with Gasteiger partial charge in [-0.15, -0.1) is 0 Å². The van der Waals surface area contributed by atoms with E-state index in [0.29, 0.717) is 17.7 Å². The fraction of sp³-hybridized carbons (Fsp3) is 0.130. The zero-order valence-electron chi connectivity index (χ0n) is 15.8. The van der Waals surface area contributed by atoms with Gasteiger partial charge in [-0.3, -0.25) is 14.9 Å². The Labute approximate surface area is 172 Å². The number of hydrogen-bond acceptors (Lipinski definition) is 6. The third-order valence-electron chi connectivity index (χ3n) is 5.39. The van der Waals surface area contributed by atoms with Crippen molar-refractivity contribution in [3.63, 3.8) is 0 Å². The number of rotatable bonds is 4. The highest BCUT2D eigenvalue weighted by Gasteiger charge is 2.43. The van der Waals surface area contributed by atoms with Gasteiger partial charge in [-0.25, -0.2) is 5.01 Å². The molecule has 0 saturated heterocycles. The Kier molecular flexibility index (Phi) is 4.28. The van der Waals surface area contributed by atoms with Gasteiger partial charge in [0.25, 0.3) is 11.9 Å². The fourth-order valence-corrected chi connectivity index (χ4v) is 3.90. The van der Waals surface area contributed by atoms with Crippen LogP contribution in [0.15, 0.2) is 84.0 Å². The number of fused-ring (bicyclic) bond motifs is 3. The minimum absolute atomic E-state index is 0.0649. The Morgan fingerprint density at radius 3 is 2.43 bits per heavy atom. The van der Waals surface area contributed by atoms with Crippen molar-refractivity contribution < 1.29 is 14.5 Å². The average molecular weight is 399 g/mol. The van der Waals surface area contributed by atoms with Crippen molar-refractivity contribution in [2.75, 3.05) is 0 Å². The van der Waals surface area contributed by atoms with E-state index in [1.165, 1.54) is 24.3 Å². The van der Waals surface area contributed by atoms with Crippen LogP contribution in [0.4, 0.5) is 5.69 Å². The largest absolute Gasteiger partial charge is 0.461 e. The number of non-ortho nitro benzene ring substituents is 1. The van der Waals surface area contributed by atoms with Gasteiger partial charge in [0, 0.05) is 29.7 Å². The first-order valence-corrected chi connectivity index (χ1v) is 9.57.